The Kier molecular flexibility index (Phi) is 3.70. The number of aromatic nitrogens is 1. The molecule has 0 radical (unpaired) electrons. The van der Waals surface area contributed by atoms with E-state index < -0.39 is 5.82 Å². The summed E-state index contributed by atoms with van der Waals surface area (Å²) in [6.07, 6.45) is 2.65. The van der Waals surface area contributed by atoms with Crippen LogP contribution in [0.25, 0.3) is 0 Å². The highest BCUT2D eigenvalue weighted by Crippen LogP contribution is 2.35. The maximum atomic E-state index is 13.7. The first kappa shape index (κ1) is 14.4. The largest absolute Gasteiger partial charge is 0.494 e. The minimum Gasteiger partial charge on any atom is -0.494 e. The number of aryl methyl sites for hydroxylation is 1. The summed E-state index contributed by atoms with van der Waals surface area (Å²) in [7, 11) is 2.82. The number of carbonyl (C=O) groups excluding carboxylic acids is 1. The van der Waals surface area contributed by atoms with E-state index in [9.17, 15) is 9.18 Å². The van der Waals surface area contributed by atoms with Gasteiger partial charge in [-0.05, 0) is 36.1 Å². The molecule has 1 amide bonds. The van der Waals surface area contributed by atoms with Gasteiger partial charge in [0.1, 0.15) is 6.26 Å². The number of hydrogen-bond donors (Lipinski definition) is 1. The zero-order valence-corrected chi connectivity index (χ0v) is 12.2. The third-order valence-electron chi connectivity index (χ3n) is 3.69. The molecule has 1 atom stereocenters. The first-order valence-electron chi connectivity index (χ1n) is 6.79. The molecule has 1 unspecified atom stereocenters. The summed E-state index contributed by atoms with van der Waals surface area (Å²) < 4.78 is 28.4. The van der Waals surface area contributed by atoms with E-state index in [1.165, 1.54) is 26.5 Å². The van der Waals surface area contributed by atoms with Crippen molar-refractivity contribution in [2.24, 2.45) is 0 Å². The first-order chi connectivity index (χ1) is 10.6. The van der Waals surface area contributed by atoms with Gasteiger partial charge in [-0.2, -0.15) is 4.98 Å². The standard InChI is InChI=1S/C15H15FN2O4/c1-20-13-6-9-8(5-10(13)16)3-4-11(9)17-14(19)12-7-22-15(18-12)21-2/h5-7,11H,3-4H2,1-2H3,(H,17,19). The van der Waals surface area contributed by atoms with Crippen molar-refractivity contribution >= 4 is 5.91 Å². The summed E-state index contributed by atoms with van der Waals surface area (Å²) in [6.45, 7) is 0. The molecule has 1 heterocycles. The van der Waals surface area contributed by atoms with Gasteiger partial charge in [0.2, 0.25) is 0 Å². The van der Waals surface area contributed by atoms with Crippen LogP contribution in [0.1, 0.15) is 34.1 Å². The van der Waals surface area contributed by atoms with Crippen LogP contribution in [0, 0.1) is 5.82 Å². The van der Waals surface area contributed by atoms with Gasteiger partial charge in [0.15, 0.2) is 17.3 Å². The molecule has 0 bridgehead atoms. The number of benzene rings is 1. The second-order valence-corrected chi connectivity index (χ2v) is 4.95. The zero-order chi connectivity index (χ0) is 15.7. The first-order valence-corrected chi connectivity index (χ1v) is 6.79. The van der Waals surface area contributed by atoms with Gasteiger partial charge >= 0.3 is 6.08 Å². The van der Waals surface area contributed by atoms with Crippen LogP contribution in [0.3, 0.4) is 0 Å². The van der Waals surface area contributed by atoms with Gasteiger partial charge in [-0.25, -0.2) is 4.39 Å². The molecule has 0 fully saturated rings. The molecule has 6 nitrogen and oxygen atoms in total. The van der Waals surface area contributed by atoms with Gasteiger partial charge in [0.05, 0.1) is 20.3 Å². The molecule has 2 aromatic rings. The van der Waals surface area contributed by atoms with Crippen LogP contribution in [0.15, 0.2) is 22.8 Å². The molecule has 3 rings (SSSR count). The molecule has 0 saturated carbocycles. The van der Waals surface area contributed by atoms with Crippen molar-refractivity contribution in [3.8, 4) is 11.8 Å². The van der Waals surface area contributed by atoms with E-state index in [1.54, 1.807) is 6.07 Å². The van der Waals surface area contributed by atoms with Crippen molar-refractivity contribution < 1.29 is 23.1 Å². The third-order valence-corrected chi connectivity index (χ3v) is 3.69. The summed E-state index contributed by atoms with van der Waals surface area (Å²) in [6, 6.07) is 2.88. The number of halogens is 1. The maximum absolute atomic E-state index is 13.7. The van der Waals surface area contributed by atoms with Crippen LogP contribution in [-0.4, -0.2) is 25.1 Å². The van der Waals surface area contributed by atoms with Crippen LogP contribution in [-0.2, 0) is 6.42 Å². The highest BCUT2D eigenvalue weighted by Gasteiger charge is 2.27. The summed E-state index contributed by atoms with van der Waals surface area (Å²) in [4.78, 5) is 16.1. The maximum Gasteiger partial charge on any atom is 0.393 e. The van der Waals surface area contributed by atoms with Crippen LogP contribution >= 0.6 is 0 Å². The molecule has 1 aliphatic carbocycles. The van der Waals surface area contributed by atoms with Crippen molar-refractivity contribution in [2.75, 3.05) is 14.2 Å². The van der Waals surface area contributed by atoms with E-state index >= 15 is 0 Å². The monoisotopic (exact) mass is 306 g/mol. The number of ether oxygens (including phenoxy) is 2. The fourth-order valence-electron chi connectivity index (χ4n) is 2.60. The molecule has 7 heteroatoms. The van der Waals surface area contributed by atoms with Gasteiger partial charge in [0, 0.05) is 0 Å². The van der Waals surface area contributed by atoms with Crippen molar-refractivity contribution in [2.45, 2.75) is 18.9 Å². The second kappa shape index (κ2) is 5.67. The second-order valence-electron chi connectivity index (χ2n) is 4.95. The molecule has 0 aliphatic heterocycles. The Hall–Kier alpha value is -2.57. The van der Waals surface area contributed by atoms with E-state index in [2.05, 4.69) is 10.3 Å². The lowest BCUT2D eigenvalue weighted by molar-refractivity contribution is 0.0931. The van der Waals surface area contributed by atoms with Crippen LogP contribution in [0.5, 0.6) is 11.8 Å². The SMILES string of the molecule is COc1nc(C(=O)NC2CCc3cc(F)c(OC)cc32)co1. The fraction of sp³-hybridized carbons (Fsp3) is 0.333. The summed E-state index contributed by atoms with van der Waals surface area (Å²) in [5, 5.41) is 2.86. The van der Waals surface area contributed by atoms with Gasteiger partial charge in [-0.1, -0.05) is 0 Å². The molecule has 0 saturated heterocycles. The Labute approximate surface area is 126 Å². The Bertz CT molecular complexity index is 714. The van der Waals surface area contributed by atoms with E-state index in [1.807, 2.05) is 0 Å². The zero-order valence-electron chi connectivity index (χ0n) is 12.2. The Morgan fingerprint density at radius 1 is 1.41 bits per heavy atom. The number of carbonyl (C=O) groups is 1. The van der Waals surface area contributed by atoms with Crippen LogP contribution < -0.4 is 14.8 Å². The van der Waals surface area contributed by atoms with Crippen molar-refractivity contribution in [3.63, 3.8) is 0 Å². The third kappa shape index (κ3) is 2.49. The lowest BCUT2D eigenvalue weighted by atomic mass is 10.1. The number of methoxy groups -OCH3 is 2. The minimum absolute atomic E-state index is 0.0284. The number of fused-ring (bicyclic) bond motifs is 1. The van der Waals surface area contributed by atoms with E-state index in [-0.39, 0.29) is 29.5 Å². The predicted molar refractivity (Wildman–Crippen MR) is 74.5 cm³/mol. The van der Waals surface area contributed by atoms with E-state index in [4.69, 9.17) is 13.9 Å². The number of hydrogen-bond acceptors (Lipinski definition) is 5. The van der Waals surface area contributed by atoms with Crippen molar-refractivity contribution in [1.82, 2.24) is 10.3 Å². The van der Waals surface area contributed by atoms with Crippen molar-refractivity contribution in [1.29, 1.82) is 0 Å². The van der Waals surface area contributed by atoms with Crippen LogP contribution in [0.4, 0.5) is 4.39 Å². The molecular formula is C15H15FN2O4. The predicted octanol–water partition coefficient (Wildman–Crippen LogP) is 2.25. The molecular weight excluding hydrogens is 291 g/mol. The number of oxazole rings is 1. The molecule has 116 valence electrons. The molecule has 1 aromatic carbocycles. The molecule has 22 heavy (non-hydrogen) atoms. The Balaban J connectivity index is 1.79. The van der Waals surface area contributed by atoms with E-state index in [0.29, 0.717) is 12.8 Å². The quantitative estimate of drug-likeness (QED) is 0.938. The molecule has 1 aromatic heterocycles. The van der Waals surface area contributed by atoms with Gasteiger partial charge in [-0.15, -0.1) is 0 Å². The van der Waals surface area contributed by atoms with Crippen LogP contribution in [0.2, 0.25) is 0 Å². The molecule has 1 N–H and O–H groups in total. The highest BCUT2D eigenvalue weighted by molar-refractivity contribution is 5.92. The van der Waals surface area contributed by atoms with E-state index in [0.717, 1.165) is 11.1 Å². The Morgan fingerprint density at radius 3 is 2.91 bits per heavy atom. The van der Waals surface area contributed by atoms with Crippen molar-refractivity contribution in [3.05, 3.63) is 41.0 Å². The topological polar surface area (TPSA) is 73.6 Å². The summed E-state index contributed by atoms with van der Waals surface area (Å²) in [5.74, 6) is -0.592. The highest BCUT2D eigenvalue weighted by atomic mass is 19.1. The molecule has 1 aliphatic rings. The lowest BCUT2D eigenvalue weighted by Crippen LogP contribution is -2.27. The average Bonchev–Trinajstić information content (AvgIpc) is 3.13. The Morgan fingerprint density at radius 2 is 2.23 bits per heavy atom. The number of nitrogens with one attached hydrogen (secondary N) is 1. The minimum atomic E-state index is -0.394. The molecule has 0 spiro atoms. The number of amides is 1. The van der Waals surface area contributed by atoms with Gasteiger partial charge < -0.3 is 19.2 Å². The lowest BCUT2D eigenvalue weighted by Gasteiger charge is -2.14. The number of nitrogens with zero attached hydrogens (tertiary/aromatic N) is 1. The summed E-state index contributed by atoms with van der Waals surface area (Å²) in [5.41, 5.74) is 1.88. The van der Waals surface area contributed by atoms with Gasteiger partial charge in [0.25, 0.3) is 5.91 Å². The average molecular weight is 306 g/mol. The van der Waals surface area contributed by atoms with Gasteiger partial charge in [-0.3, -0.25) is 4.79 Å². The number of rotatable bonds is 4. The fourth-order valence-corrected chi connectivity index (χ4v) is 2.60. The smallest absolute Gasteiger partial charge is 0.393 e. The summed E-state index contributed by atoms with van der Waals surface area (Å²) >= 11 is 0. The normalized spacial score (nSPS) is 16.2.